The third kappa shape index (κ3) is 3.53. The van der Waals surface area contributed by atoms with Crippen molar-refractivity contribution in [2.75, 3.05) is 11.9 Å². The van der Waals surface area contributed by atoms with E-state index in [1.165, 1.54) is 11.9 Å². The Hall–Kier alpha value is -2.49. The Labute approximate surface area is 143 Å². The van der Waals surface area contributed by atoms with Gasteiger partial charge in [0.1, 0.15) is 5.75 Å². The van der Waals surface area contributed by atoms with Crippen LogP contribution in [0.2, 0.25) is 0 Å². The van der Waals surface area contributed by atoms with Gasteiger partial charge in [0, 0.05) is 18.7 Å². The van der Waals surface area contributed by atoms with Gasteiger partial charge in [0.2, 0.25) is 5.95 Å². The summed E-state index contributed by atoms with van der Waals surface area (Å²) in [4.78, 5) is 4.77. The van der Waals surface area contributed by atoms with Crippen LogP contribution in [0.3, 0.4) is 0 Å². The van der Waals surface area contributed by atoms with Crippen LogP contribution in [0, 0.1) is 0 Å². The molecule has 0 aliphatic rings. The lowest BCUT2D eigenvalue weighted by atomic mass is 10.2. The quantitative estimate of drug-likeness (QED) is 0.644. The zero-order chi connectivity index (χ0) is 16.8. The van der Waals surface area contributed by atoms with Crippen LogP contribution in [0.5, 0.6) is 5.75 Å². The number of nitrogens with zero attached hydrogens (tertiary/aromatic N) is 2. The number of aromatic nitrogens is 2. The highest BCUT2D eigenvalue weighted by Gasteiger charge is 2.10. The number of aryl methyl sites for hydroxylation is 1. The highest BCUT2D eigenvalue weighted by molar-refractivity contribution is 5.78. The maximum Gasteiger partial charge on any atom is 0.204 e. The van der Waals surface area contributed by atoms with E-state index in [2.05, 4.69) is 41.1 Å². The van der Waals surface area contributed by atoms with Crippen LogP contribution in [-0.4, -0.2) is 16.2 Å². The first-order chi connectivity index (χ1) is 11.8. The number of hydrogen-bond acceptors (Lipinski definition) is 3. The standard InChI is InChI=1S/C20H25N3O/c1-3-5-14-23-18-12-8-7-11-17(18)22-20(23)21-15-16-10-6-9-13-19(16)24-4-2/h6-13H,3-5,14-15H2,1-2H3,(H,21,22). The van der Waals surface area contributed by atoms with Crippen LogP contribution in [0.15, 0.2) is 48.5 Å². The van der Waals surface area contributed by atoms with Crippen LogP contribution < -0.4 is 10.1 Å². The van der Waals surface area contributed by atoms with Gasteiger partial charge in [-0.25, -0.2) is 4.98 Å². The molecule has 0 radical (unpaired) electrons. The molecule has 0 saturated heterocycles. The fourth-order valence-electron chi connectivity index (χ4n) is 2.87. The molecule has 1 heterocycles. The van der Waals surface area contributed by atoms with Crippen molar-refractivity contribution in [1.82, 2.24) is 9.55 Å². The van der Waals surface area contributed by atoms with Crippen molar-refractivity contribution in [2.45, 2.75) is 39.8 Å². The lowest BCUT2D eigenvalue weighted by molar-refractivity contribution is 0.337. The Kier molecular flexibility index (Phi) is 5.36. The van der Waals surface area contributed by atoms with E-state index in [4.69, 9.17) is 9.72 Å². The van der Waals surface area contributed by atoms with E-state index in [1.807, 2.05) is 31.2 Å². The lowest BCUT2D eigenvalue weighted by Gasteiger charge is -2.13. The van der Waals surface area contributed by atoms with Crippen LogP contribution >= 0.6 is 0 Å². The van der Waals surface area contributed by atoms with E-state index in [9.17, 15) is 0 Å². The van der Waals surface area contributed by atoms with Gasteiger partial charge in [0.15, 0.2) is 0 Å². The van der Waals surface area contributed by atoms with Crippen molar-refractivity contribution in [2.24, 2.45) is 0 Å². The molecule has 1 aromatic heterocycles. The summed E-state index contributed by atoms with van der Waals surface area (Å²) in [6.07, 6.45) is 2.31. The van der Waals surface area contributed by atoms with Crippen molar-refractivity contribution in [3.05, 3.63) is 54.1 Å². The molecule has 24 heavy (non-hydrogen) atoms. The Morgan fingerprint density at radius 2 is 1.83 bits per heavy atom. The first-order valence-corrected chi connectivity index (χ1v) is 8.73. The number of benzene rings is 2. The first-order valence-electron chi connectivity index (χ1n) is 8.73. The average molecular weight is 323 g/mol. The van der Waals surface area contributed by atoms with E-state index < -0.39 is 0 Å². The first kappa shape index (κ1) is 16.4. The van der Waals surface area contributed by atoms with Gasteiger partial charge in [0.25, 0.3) is 0 Å². The van der Waals surface area contributed by atoms with Crippen LogP contribution in [0.25, 0.3) is 11.0 Å². The number of fused-ring (bicyclic) bond motifs is 1. The van der Waals surface area contributed by atoms with E-state index in [1.54, 1.807) is 0 Å². The van der Waals surface area contributed by atoms with Crippen LogP contribution in [0.1, 0.15) is 32.3 Å². The summed E-state index contributed by atoms with van der Waals surface area (Å²) in [7, 11) is 0. The number of unbranched alkanes of at least 4 members (excludes halogenated alkanes) is 1. The summed E-state index contributed by atoms with van der Waals surface area (Å²) in [6.45, 7) is 6.57. The number of hydrogen-bond donors (Lipinski definition) is 1. The second-order valence-corrected chi connectivity index (χ2v) is 5.82. The average Bonchev–Trinajstić information content (AvgIpc) is 2.97. The molecule has 1 N–H and O–H groups in total. The normalized spacial score (nSPS) is 10.9. The molecular formula is C20H25N3O. The minimum absolute atomic E-state index is 0.673. The summed E-state index contributed by atoms with van der Waals surface area (Å²) in [5.41, 5.74) is 3.37. The minimum atomic E-state index is 0.673. The fourth-order valence-corrected chi connectivity index (χ4v) is 2.87. The fraction of sp³-hybridized carbons (Fsp3) is 0.350. The van der Waals surface area contributed by atoms with Gasteiger partial charge in [-0.1, -0.05) is 43.7 Å². The highest BCUT2D eigenvalue weighted by atomic mass is 16.5. The summed E-state index contributed by atoms with van der Waals surface area (Å²) in [6, 6.07) is 16.5. The molecule has 3 rings (SSSR count). The molecule has 4 heteroatoms. The molecule has 0 aliphatic carbocycles. The molecule has 3 aromatic rings. The molecule has 0 bridgehead atoms. The predicted octanol–water partition coefficient (Wildman–Crippen LogP) is 4.85. The summed E-state index contributed by atoms with van der Waals surface area (Å²) >= 11 is 0. The Bertz CT molecular complexity index is 794. The van der Waals surface area contributed by atoms with Gasteiger partial charge < -0.3 is 14.6 Å². The number of rotatable bonds is 8. The van der Waals surface area contributed by atoms with Crippen molar-refractivity contribution < 1.29 is 4.74 Å². The zero-order valence-corrected chi connectivity index (χ0v) is 14.5. The molecule has 0 fully saturated rings. The summed E-state index contributed by atoms with van der Waals surface area (Å²) < 4.78 is 7.99. The molecule has 4 nitrogen and oxygen atoms in total. The van der Waals surface area contributed by atoms with E-state index in [0.717, 1.165) is 35.7 Å². The van der Waals surface area contributed by atoms with Gasteiger partial charge in [-0.05, 0) is 31.5 Å². The van der Waals surface area contributed by atoms with Gasteiger partial charge >= 0.3 is 0 Å². The third-order valence-corrected chi connectivity index (χ3v) is 4.10. The van der Waals surface area contributed by atoms with Gasteiger partial charge in [0.05, 0.1) is 17.6 Å². The van der Waals surface area contributed by atoms with Crippen molar-refractivity contribution >= 4 is 17.0 Å². The summed E-state index contributed by atoms with van der Waals surface area (Å²) in [5, 5.41) is 3.50. The molecular weight excluding hydrogens is 298 g/mol. The predicted molar refractivity (Wildman–Crippen MR) is 99.6 cm³/mol. The Morgan fingerprint density at radius 3 is 2.67 bits per heavy atom. The van der Waals surface area contributed by atoms with E-state index in [-0.39, 0.29) is 0 Å². The zero-order valence-electron chi connectivity index (χ0n) is 14.5. The smallest absolute Gasteiger partial charge is 0.204 e. The monoisotopic (exact) mass is 323 g/mol. The number of para-hydroxylation sites is 3. The highest BCUT2D eigenvalue weighted by Crippen LogP contribution is 2.23. The van der Waals surface area contributed by atoms with Crippen molar-refractivity contribution in [3.63, 3.8) is 0 Å². The van der Waals surface area contributed by atoms with Crippen LogP contribution in [0.4, 0.5) is 5.95 Å². The minimum Gasteiger partial charge on any atom is -0.494 e. The second kappa shape index (κ2) is 7.86. The van der Waals surface area contributed by atoms with Gasteiger partial charge in [-0.15, -0.1) is 0 Å². The number of imidazole rings is 1. The van der Waals surface area contributed by atoms with Crippen molar-refractivity contribution in [1.29, 1.82) is 0 Å². The summed E-state index contributed by atoms with van der Waals surface area (Å²) in [5.74, 6) is 1.86. The maximum absolute atomic E-state index is 5.71. The number of anilines is 1. The van der Waals surface area contributed by atoms with Crippen LogP contribution in [-0.2, 0) is 13.1 Å². The molecule has 0 saturated carbocycles. The molecule has 0 spiro atoms. The molecule has 0 atom stereocenters. The largest absolute Gasteiger partial charge is 0.494 e. The second-order valence-electron chi connectivity index (χ2n) is 5.82. The molecule has 0 unspecified atom stereocenters. The molecule has 126 valence electrons. The SMILES string of the molecule is CCCCn1c(NCc2ccccc2OCC)nc2ccccc21. The third-order valence-electron chi connectivity index (χ3n) is 4.10. The molecule has 2 aromatic carbocycles. The number of ether oxygens (including phenoxy) is 1. The van der Waals surface area contributed by atoms with Gasteiger partial charge in [-0.3, -0.25) is 0 Å². The van der Waals surface area contributed by atoms with Crippen molar-refractivity contribution in [3.8, 4) is 5.75 Å². The lowest BCUT2D eigenvalue weighted by Crippen LogP contribution is -2.09. The van der Waals surface area contributed by atoms with E-state index in [0.29, 0.717) is 13.2 Å². The Morgan fingerprint density at radius 1 is 1.04 bits per heavy atom. The molecule has 0 aliphatic heterocycles. The molecule has 0 amide bonds. The Balaban J connectivity index is 1.84. The van der Waals surface area contributed by atoms with Gasteiger partial charge in [-0.2, -0.15) is 0 Å². The maximum atomic E-state index is 5.71. The topological polar surface area (TPSA) is 39.1 Å². The van der Waals surface area contributed by atoms with E-state index >= 15 is 0 Å². The number of nitrogens with one attached hydrogen (secondary N) is 1.